The molecule has 4 rings (SSSR count). The number of piperidine rings is 1. The molecule has 31 heavy (non-hydrogen) atoms. The Kier molecular flexibility index (Phi) is 5.60. The predicted molar refractivity (Wildman–Crippen MR) is 115 cm³/mol. The topological polar surface area (TPSA) is 61.0 Å². The van der Waals surface area contributed by atoms with Crippen LogP contribution in [0.1, 0.15) is 41.3 Å². The number of halogens is 4. The number of hydrogen-bond acceptors (Lipinski definition) is 2. The molecule has 164 valence electrons. The summed E-state index contributed by atoms with van der Waals surface area (Å²) in [6.07, 6.45) is -2.88. The molecular formula is C22H22ClF3N4O. The van der Waals surface area contributed by atoms with Crippen LogP contribution in [0.2, 0.25) is 5.02 Å². The van der Waals surface area contributed by atoms with Crippen LogP contribution in [0.5, 0.6) is 0 Å². The number of imidazole rings is 1. The fourth-order valence-corrected chi connectivity index (χ4v) is 4.02. The third kappa shape index (κ3) is 4.49. The van der Waals surface area contributed by atoms with E-state index in [1.807, 2.05) is 19.9 Å². The number of hydrogen-bond donors (Lipinski definition) is 2. The molecule has 1 aliphatic heterocycles. The molecule has 0 radical (unpaired) electrons. The molecule has 1 fully saturated rings. The highest BCUT2D eigenvalue weighted by atomic mass is 35.5. The number of aryl methyl sites for hydroxylation is 2. The molecular weight excluding hydrogens is 429 g/mol. The first-order valence-corrected chi connectivity index (χ1v) is 10.4. The Labute approximate surface area is 182 Å². The minimum atomic E-state index is -4.52. The Bertz CT molecular complexity index is 1100. The zero-order valence-corrected chi connectivity index (χ0v) is 17.9. The monoisotopic (exact) mass is 450 g/mol. The SMILES string of the molecule is Cc1cc2nc([C@@H]3CCCN(C(=O)Nc4cc(C(F)(F)F)ccc4Cl)C3)[nH]c2cc1C. The lowest BCUT2D eigenvalue weighted by Gasteiger charge is -2.32. The number of likely N-dealkylation sites (tertiary alicyclic amines) is 1. The fourth-order valence-electron chi connectivity index (χ4n) is 3.86. The van der Waals surface area contributed by atoms with Crippen LogP contribution in [0.4, 0.5) is 23.7 Å². The van der Waals surface area contributed by atoms with Crippen molar-refractivity contribution in [2.24, 2.45) is 0 Å². The van der Waals surface area contributed by atoms with Crippen molar-refractivity contribution in [3.63, 3.8) is 0 Å². The number of aromatic amines is 1. The van der Waals surface area contributed by atoms with E-state index in [0.29, 0.717) is 13.1 Å². The van der Waals surface area contributed by atoms with Gasteiger partial charge in [-0.1, -0.05) is 11.6 Å². The lowest BCUT2D eigenvalue weighted by molar-refractivity contribution is -0.137. The summed E-state index contributed by atoms with van der Waals surface area (Å²) >= 11 is 6.01. The molecule has 1 atom stereocenters. The van der Waals surface area contributed by atoms with Crippen LogP contribution in [0.3, 0.4) is 0 Å². The summed E-state index contributed by atoms with van der Waals surface area (Å²) in [5.74, 6) is 0.832. The first-order chi connectivity index (χ1) is 14.6. The maximum atomic E-state index is 13.0. The van der Waals surface area contributed by atoms with Gasteiger partial charge in [0.25, 0.3) is 0 Å². The Morgan fingerprint density at radius 1 is 1.23 bits per heavy atom. The van der Waals surface area contributed by atoms with Crippen LogP contribution in [-0.4, -0.2) is 34.0 Å². The highest BCUT2D eigenvalue weighted by Gasteiger charge is 2.32. The van der Waals surface area contributed by atoms with E-state index in [1.165, 1.54) is 5.56 Å². The van der Waals surface area contributed by atoms with Gasteiger partial charge in [-0.15, -0.1) is 0 Å². The van der Waals surface area contributed by atoms with Crippen LogP contribution in [0.15, 0.2) is 30.3 Å². The number of H-pyrrole nitrogens is 1. The van der Waals surface area contributed by atoms with Gasteiger partial charge in [-0.3, -0.25) is 0 Å². The number of nitrogens with one attached hydrogen (secondary N) is 2. The highest BCUT2D eigenvalue weighted by molar-refractivity contribution is 6.33. The summed E-state index contributed by atoms with van der Waals surface area (Å²) in [6.45, 7) is 5.01. The first-order valence-electron chi connectivity index (χ1n) is 10.0. The van der Waals surface area contributed by atoms with Gasteiger partial charge >= 0.3 is 12.2 Å². The van der Waals surface area contributed by atoms with Gasteiger partial charge in [0.1, 0.15) is 5.82 Å². The Morgan fingerprint density at radius 2 is 1.97 bits per heavy atom. The van der Waals surface area contributed by atoms with Crippen LogP contribution in [0, 0.1) is 13.8 Å². The van der Waals surface area contributed by atoms with Gasteiger partial charge in [0.15, 0.2) is 0 Å². The second kappa shape index (κ2) is 8.07. The van der Waals surface area contributed by atoms with Gasteiger partial charge in [-0.05, 0) is 68.1 Å². The van der Waals surface area contributed by atoms with Crippen molar-refractivity contribution >= 4 is 34.4 Å². The molecule has 0 spiro atoms. The molecule has 2 amide bonds. The number of fused-ring (bicyclic) bond motifs is 1. The number of rotatable bonds is 2. The van der Waals surface area contributed by atoms with E-state index in [-0.39, 0.29) is 16.6 Å². The normalized spacial score (nSPS) is 17.2. The van der Waals surface area contributed by atoms with Crippen molar-refractivity contribution in [3.8, 4) is 0 Å². The van der Waals surface area contributed by atoms with Crippen LogP contribution in [-0.2, 0) is 6.18 Å². The summed E-state index contributed by atoms with van der Waals surface area (Å²) in [4.78, 5) is 22.4. The predicted octanol–water partition coefficient (Wildman–Crippen LogP) is 6.26. The molecule has 0 unspecified atom stereocenters. The third-order valence-corrected chi connectivity index (χ3v) is 6.08. The highest BCUT2D eigenvalue weighted by Crippen LogP contribution is 2.34. The maximum Gasteiger partial charge on any atom is 0.416 e. The van der Waals surface area contributed by atoms with Gasteiger partial charge < -0.3 is 15.2 Å². The van der Waals surface area contributed by atoms with E-state index < -0.39 is 17.8 Å². The quantitative estimate of drug-likeness (QED) is 0.483. The van der Waals surface area contributed by atoms with E-state index >= 15 is 0 Å². The van der Waals surface area contributed by atoms with E-state index in [9.17, 15) is 18.0 Å². The summed E-state index contributed by atoms with van der Waals surface area (Å²) in [7, 11) is 0. The number of amides is 2. The van der Waals surface area contributed by atoms with Crippen LogP contribution >= 0.6 is 11.6 Å². The number of alkyl halides is 3. The Hall–Kier alpha value is -2.74. The summed E-state index contributed by atoms with van der Waals surface area (Å²) in [5.41, 5.74) is 3.25. The lowest BCUT2D eigenvalue weighted by Crippen LogP contribution is -2.41. The molecule has 2 N–H and O–H groups in total. The van der Waals surface area contributed by atoms with E-state index in [2.05, 4.69) is 16.4 Å². The Balaban J connectivity index is 1.51. The molecule has 2 heterocycles. The summed E-state index contributed by atoms with van der Waals surface area (Å²) < 4.78 is 39.0. The number of anilines is 1. The first kappa shape index (κ1) is 21.5. The van der Waals surface area contributed by atoms with Crippen LogP contribution < -0.4 is 5.32 Å². The second-order valence-electron chi connectivity index (χ2n) is 7.98. The molecule has 1 aromatic heterocycles. The van der Waals surface area contributed by atoms with E-state index in [0.717, 1.165) is 53.5 Å². The number of carbonyl (C=O) groups is 1. The van der Waals surface area contributed by atoms with E-state index in [1.54, 1.807) is 4.90 Å². The molecule has 0 bridgehead atoms. The number of carbonyl (C=O) groups excluding carboxylic acids is 1. The smallest absolute Gasteiger partial charge is 0.342 e. The molecule has 5 nitrogen and oxygen atoms in total. The fraction of sp³-hybridized carbons (Fsp3) is 0.364. The number of benzene rings is 2. The van der Waals surface area contributed by atoms with Crippen molar-refractivity contribution in [3.05, 3.63) is 57.9 Å². The molecule has 1 saturated heterocycles. The van der Waals surface area contributed by atoms with Crippen molar-refractivity contribution in [1.82, 2.24) is 14.9 Å². The largest absolute Gasteiger partial charge is 0.416 e. The average Bonchev–Trinajstić information content (AvgIpc) is 3.12. The molecule has 2 aromatic carbocycles. The number of urea groups is 1. The summed E-state index contributed by atoms with van der Waals surface area (Å²) in [6, 6.07) is 6.49. The second-order valence-corrected chi connectivity index (χ2v) is 8.39. The van der Waals surface area contributed by atoms with Gasteiger partial charge in [0, 0.05) is 19.0 Å². The van der Waals surface area contributed by atoms with Crippen molar-refractivity contribution in [2.45, 2.75) is 38.8 Å². The van der Waals surface area contributed by atoms with Gasteiger partial charge in [0.2, 0.25) is 0 Å². The average molecular weight is 451 g/mol. The van der Waals surface area contributed by atoms with Crippen molar-refractivity contribution < 1.29 is 18.0 Å². The molecule has 0 aliphatic carbocycles. The van der Waals surface area contributed by atoms with E-state index in [4.69, 9.17) is 16.6 Å². The molecule has 9 heteroatoms. The minimum Gasteiger partial charge on any atom is -0.342 e. The standard InChI is InChI=1S/C22H22ClF3N4O/c1-12-8-18-19(9-13(12)2)28-20(27-18)14-4-3-7-30(11-14)21(31)29-17-10-15(22(24,25)26)5-6-16(17)23/h5-6,8-10,14H,3-4,7,11H2,1-2H3,(H,27,28)(H,29,31)/t14-/m1/s1. The zero-order chi connectivity index (χ0) is 22.3. The molecule has 3 aromatic rings. The lowest BCUT2D eigenvalue weighted by atomic mass is 9.97. The number of aromatic nitrogens is 2. The minimum absolute atomic E-state index is 0.0180. The molecule has 1 aliphatic rings. The summed E-state index contributed by atoms with van der Waals surface area (Å²) in [5, 5.41) is 2.58. The van der Waals surface area contributed by atoms with Crippen molar-refractivity contribution in [2.75, 3.05) is 18.4 Å². The van der Waals surface area contributed by atoms with Gasteiger partial charge in [-0.25, -0.2) is 9.78 Å². The maximum absolute atomic E-state index is 13.0. The van der Waals surface area contributed by atoms with Gasteiger partial charge in [-0.2, -0.15) is 13.2 Å². The third-order valence-electron chi connectivity index (χ3n) is 5.75. The van der Waals surface area contributed by atoms with Crippen molar-refractivity contribution in [1.29, 1.82) is 0 Å². The Morgan fingerprint density at radius 3 is 2.71 bits per heavy atom. The molecule has 0 saturated carbocycles. The van der Waals surface area contributed by atoms with Gasteiger partial charge in [0.05, 0.1) is 27.3 Å². The van der Waals surface area contributed by atoms with Crippen LogP contribution in [0.25, 0.3) is 11.0 Å². The number of nitrogens with zero attached hydrogens (tertiary/aromatic N) is 2. The zero-order valence-electron chi connectivity index (χ0n) is 17.1.